The van der Waals surface area contributed by atoms with Crippen molar-refractivity contribution in [3.8, 4) is 0 Å². The van der Waals surface area contributed by atoms with Crippen LogP contribution in [-0.2, 0) is 9.53 Å². The van der Waals surface area contributed by atoms with Gasteiger partial charge in [-0.1, -0.05) is 48.0 Å². The van der Waals surface area contributed by atoms with E-state index in [2.05, 4.69) is 5.32 Å². The van der Waals surface area contributed by atoms with Crippen LogP contribution in [0.15, 0.2) is 66.4 Å². The lowest BCUT2D eigenvalue weighted by molar-refractivity contribution is -0.139. The fourth-order valence-electron chi connectivity index (χ4n) is 2.12. The zero-order chi connectivity index (χ0) is 13.9. The molecule has 0 fully saturated rings. The quantitative estimate of drug-likeness (QED) is 0.862. The smallest absolute Gasteiger partial charge is 0.355 e. The van der Waals surface area contributed by atoms with E-state index in [4.69, 9.17) is 4.74 Å². The normalized spacial score (nSPS) is 17.6. The van der Waals surface area contributed by atoms with Crippen molar-refractivity contribution >= 4 is 11.7 Å². The molecule has 0 saturated heterocycles. The Morgan fingerprint density at radius 1 is 1.00 bits per heavy atom. The minimum Gasteiger partial charge on any atom is -0.448 e. The zero-order valence-electron chi connectivity index (χ0n) is 11.2. The van der Waals surface area contributed by atoms with Gasteiger partial charge in [0.1, 0.15) is 11.8 Å². The van der Waals surface area contributed by atoms with Crippen LogP contribution in [0.5, 0.6) is 0 Å². The summed E-state index contributed by atoms with van der Waals surface area (Å²) in [6.07, 6.45) is 1.51. The Bertz CT molecular complexity index is 644. The van der Waals surface area contributed by atoms with Crippen LogP contribution in [0.25, 0.3) is 0 Å². The molecule has 2 aromatic carbocycles. The third-order valence-electron chi connectivity index (χ3n) is 3.23. The topological polar surface area (TPSA) is 38.3 Å². The highest BCUT2D eigenvalue weighted by atomic mass is 16.5. The number of ether oxygens (including phenoxy) is 1. The number of aryl methyl sites for hydroxylation is 1. The van der Waals surface area contributed by atoms with Crippen LogP contribution in [0, 0.1) is 6.92 Å². The van der Waals surface area contributed by atoms with Gasteiger partial charge in [0.05, 0.1) is 0 Å². The molecule has 3 nitrogen and oxygen atoms in total. The average molecular weight is 265 g/mol. The molecule has 0 bridgehead atoms. The second-order valence-corrected chi connectivity index (χ2v) is 4.81. The lowest BCUT2D eigenvalue weighted by atomic mass is 10.1. The van der Waals surface area contributed by atoms with Gasteiger partial charge in [0, 0.05) is 5.69 Å². The number of hydrogen-bond acceptors (Lipinski definition) is 3. The van der Waals surface area contributed by atoms with Gasteiger partial charge >= 0.3 is 5.97 Å². The summed E-state index contributed by atoms with van der Waals surface area (Å²) < 4.78 is 5.36. The third-order valence-corrected chi connectivity index (χ3v) is 3.23. The molecule has 1 aliphatic rings. The molecule has 100 valence electrons. The molecule has 1 N–H and O–H groups in total. The molecule has 0 aromatic heterocycles. The summed E-state index contributed by atoms with van der Waals surface area (Å²) >= 11 is 0. The lowest BCUT2D eigenvalue weighted by Gasteiger charge is -2.07. The highest BCUT2D eigenvalue weighted by Gasteiger charge is 2.26. The van der Waals surface area contributed by atoms with Gasteiger partial charge < -0.3 is 10.1 Å². The fourth-order valence-corrected chi connectivity index (χ4v) is 2.12. The predicted molar refractivity (Wildman–Crippen MR) is 78.2 cm³/mol. The molecule has 1 unspecified atom stereocenters. The molecule has 1 aliphatic heterocycles. The number of esters is 1. The second-order valence-electron chi connectivity index (χ2n) is 4.81. The lowest BCUT2D eigenvalue weighted by Crippen LogP contribution is -2.08. The Hall–Kier alpha value is -2.55. The molecule has 3 rings (SSSR count). The molecule has 0 amide bonds. The van der Waals surface area contributed by atoms with Gasteiger partial charge in [0.2, 0.25) is 0 Å². The summed E-state index contributed by atoms with van der Waals surface area (Å²) in [6.45, 7) is 2.03. The third kappa shape index (κ3) is 2.57. The van der Waals surface area contributed by atoms with Crippen molar-refractivity contribution in [2.24, 2.45) is 0 Å². The summed E-state index contributed by atoms with van der Waals surface area (Å²) in [7, 11) is 0. The maximum absolute atomic E-state index is 11.9. The molecular weight excluding hydrogens is 250 g/mol. The Morgan fingerprint density at radius 2 is 1.70 bits per heavy atom. The molecule has 20 heavy (non-hydrogen) atoms. The molecular formula is C17H15NO2. The van der Waals surface area contributed by atoms with Crippen molar-refractivity contribution in [2.75, 3.05) is 5.32 Å². The van der Waals surface area contributed by atoms with Gasteiger partial charge in [-0.3, -0.25) is 0 Å². The first-order valence-electron chi connectivity index (χ1n) is 6.54. The Balaban J connectivity index is 1.79. The first-order chi connectivity index (χ1) is 9.72. The van der Waals surface area contributed by atoms with Crippen molar-refractivity contribution in [1.29, 1.82) is 0 Å². The number of rotatable bonds is 3. The van der Waals surface area contributed by atoms with Crippen molar-refractivity contribution in [3.63, 3.8) is 0 Å². The standard InChI is InChI=1S/C17H15NO2/c1-12-7-9-14(10-8-12)18-15-11-16(20-17(15)19)13-5-3-2-4-6-13/h2-11,16,18H,1H3. The molecule has 0 aliphatic carbocycles. The number of hydrogen-bond donors (Lipinski definition) is 1. The maximum Gasteiger partial charge on any atom is 0.355 e. The van der Waals surface area contributed by atoms with Crippen LogP contribution in [0.1, 0.15) is 17.2 Å². The Labute approximate surface area is 117 Å². The minimum absolute atomic E-state index is 0.309. The van der Waals surface area contributed by atoms with Crippen LogP contribution in [0.2, 0.25) is 0 Å². The molecule has 1 heterocycles. The van der Waals surface area contributed by atoms with Gasteiger partial charge in [-0.05, 0) is 30.7 Å². The van der Waals surface area contributed by atoms with E-state index >= 15 is 0 Å². The average Bonchev–Trinajstić information content (AvgIpc) is 2.84. The van der Waals surface area contributed by atoms with Crippen molar-refractivity contribution in [2.45, 2.75) is 13.0 Å². The summed E-state index contributed by atoms with van der Waals surface area (Å²) in [6, 6.07) is 17.6. The molecule has 0 saturated carbocycles. The van der Waals surface area contributed by atoms with Gasteiger partial charge in [0.25, 0.3) is 0 Å². The Kier molecular flexibility index (Phi) is 3.25. The van der Waals surface area contributed by atoms with Crippen LogP contribution >= 0.6 is 0 Å². The van der Waals surface area contributed by atoms with Crippen LogP contribution in [0.3, 0.4) is 0 Å². The largest absolute Gasteiger partial charge is 0.448 e. The molecule has 0 radical (unpaired) electrons. The van der Waals surface area contributed by atoms with E-state index in [0.717, 1.165) is 11.3 Å². The first kappa shape index (κ1) is 12.5. The molecule has 3 heteroatoms. The summed E-state index contributed by atoms with van der Waals surface area (Å²) in [5, 5.41) is 3.10. The van der Waals surface area contributed by atoms with Gasteiger partial charge in [-0.25, -0.2) is 4.79 Å². The second kappa shape index (κ2) is 5.21. The number of anilines is 1. The number of nitrogens with one attached hydrogen (secondary N) is 1. The van der Waals surface area contributed by atoms with E-state index < -0.39 is 0 Å². The van der Waals surface area contributed by atoms with Crippen LogP contribution in [0.4, 0.5) is 5.69 Å². The molecule has 0 spiro atoms. The summed E-state index contributed by atoms with van der Waals surface area (Å²) in [5.74, 6) is -0.320. The number of benzene rings is 2. The Morgan fingerprint density at radius 3 is 2.40 bits per heavy atom. The zero-order valence-corrected chi connectivity index (χ0v) is 11.2. The molecule has 1 atom stereocenters. The minimum atomic E-state index is -0.320. The van der Waals surface area contributed by atoms with Gasteiger partial charge in [0.15, 0.2) is 0 Å². The highest BCUT2D eigenvalue weighted by molar-refractivity contribution is 5.94. The summed E-state index contributed by atoms with van der Waals surface area (Å²) in [5.41, 5.74) is 3.53. The SMILES string of the molecule is Cc1ccc(NC2=CC(c3ccccc3)OC2=O)cc1. The van der Waals surface area contributed by atoms with Crippen molar-refractivity contribution in [3.05, 3.63) is 77.5 Å². The van der Waals surface area contributed by atoms with Gasteiger partial charge in [-0.15, -0.1) is 0 Å². The van der Waals surface area contributed by atoms with Crippen LogP contribution in [-0.4, -0.2) is 5.97 Å². The van der Waals surface area contributed by atoms with E-state index in [-0.39, 0.29) is 12.1 Å². The number of carbonyl (C=O) groups is 1. The monoisotopic (exact) mass is 265 g/mol. The van der Waals surface area contributed by atoms with E-state index in [9.17, 15) is 4.79 Å². The highest BCUT2D eigenvalue weighted by Crippen LogP contribution is 2.28. The van der Waals surface area contributed by atoms with Gasteiger partial charge in [-0.2, -0.15) is 0 Å². The first-order valence-corrected chi connectivity index (χ1v) is 6.54. The van der Waals surface area contributed by atoms with E-state index in [1.807, 2.05) is 67.6 Å². The maximum atomic E-state index is 11.9. The number of cyclic esters (lactones) is 1. The van der Waals surface area contributed by atoms with Crippen molar-refractivity contribution in [1.82, 2.24) is 0 Å². The van der Waals surface area contributed by atoms with E-state index in [0.29, 0.717) is 5.70 Å². The van der Waals surface area contributed by atoms with Crippen LogP contribution < -0.4 is 5.32 Å². The van der Waals surface area contributed by atoms with Crippen molar-refractivity contribution < 1.29 is 9.53 Å². The predicted octanol–water partition coefficient (Wildman–Crippen LogP) is 3.59. The van der Waals surface area contributed by atoms with E-state index in [1.54, 1.807) is 0 Å². The summed E-state index contributed by atoms with van der Waals surface area (Å²) in [4.78, 5) is 11.9. The number of carbonyl (C=O) groups excluding carboxylic acids is 1. The molecule has 2 aromatic rings. The van der Waals surface area contributed by atoms with E-state index in [1.165, 1.54) is 5.56 Å². The fraction of sp³-hybridized carbons (Fsp3) is 0.118.